The van der Waals surface area contributed by atoms with Gasteiger partial charge in [0.25, 0.3) is 0 Å². The number of terminal acetylenes is 1. The van der Waals surface area contributed by atoms with Crippen LogP contribution in [0.15, 0.2) is 42.2 Å². The predicted molar refractivity (Wildman–Crippen MR) is 117 cm³/mol. The van der Waals surface area contributed by atoms with Gasteiger partial charge in [-0.15, -0.1) is 30.1 Å². The molecule has 0 aliphatic rings. The molecule has 0 bridgehead atoms. The summed E-state index contributed by atoms with van der Waals surface area (Å²) in [6, 6.07) is 4.18. The van der Waals surface area contributed by atoms with Crippen LogP contribution < -0.4 is 0 Å². The molecule has 2 heterocycles. The van der Waals surface area contributed by atoms with Crippen LogP contribution >= 0.6 is 11.3 Å². The summed E-state index contributed by atoms with van der Waals surface area (Å²) in [5.74, 6) is 6.18. The van der Waals surface area contributed by atoms with Crippen LogP contribution in [0.1, 0.15) is 51.0 Å². The zero-order chi connectivity index (χ0) is 19.7. The average molecular weight is 381 g/mol. The van der Waals surface area contributed by atoms with Gasteiger partial charge in [0, 0.05) is 47.6 Å². The van der Waals surface area contributed by atoms with E-state index < -0.39 is 0 Å². The maximum Gasteiger partial charge on any atom is 0.227 e. The van der Waals surface area contributed by atoms with Gasteiger partial charge in [-0.25, -0.2) is 0 Å². The Hall–Kier alpha value is -2.82. The van der Waals surface area contributed by atoms with Crippen molar-refractivity contribution in [3.8, 4) is 35.8 Å². The highest BCUT2D eigenvalue weighted by atomic mass is 32.1. The van der Waals surface area contributed by atoms with Gasteiger partial charge >= 0.3 is 0 Å². The van der Waals surface area contributed by atoms with E-state index in [9.17, 15) is 4.79 Å². The molecule has 2 aromatic heterocycles. The van der Waals surface area contributed by atoms with E-state index in [-0.39, 0.29) is 19.3 Å². The van der Waals surface area contributed by atoms with E-state index >= 15 is 0 Å². The molecule has 1 atom stereocenters. The monoisotopic (exact) mass is 380 g/mol. The fourth-order valence-corrected chi connectivity index (χ4v) is 3.26. The van der Waals surface area contributed by atoms with E-state index in [1.807, 2.05) is 26.1 Å². The highest BCUT2D eigenvalue weighted by molar-refractivity contribution is 7.10. The lowest BCUT2D eigenvalue weighted by Gasteiger charge is -2.18. The van der Waals surface area contributed by atoms with Crippen molar-refractivity contribution in [3.05, 3.63) is 52.6 Å². The number of allylic oxidation sites excluding steroid dienone is 1. The van der Waals surface area contributed by atoms with Gasteiger partial charge in [-0.05, 0) is 42.8 Å². The number of carbonyl (C=O) groups is 1. The first-order chi connectivity index (χ1) is 12.4. The van der Waals surface area contributed by atoms with Crippen molar-refractivity contribution in [2.24, 2.45) is 0 Å². The lowest BCUT2D eigenvalue weighted by atomic mass is 10.0. The van der Waals surface area contributed by atoms with E-state index in [2.05, 4.69) is 54.6 Å². The number of amides is 1. The van der Waals surface area contributed by atoms with Gasteiger partial charge in [0.15, 0.2) is 0 Å². The minimum Gasteiger partial charge on any atom is -0.320 e. The minimum absolute atomic E-state index is 0. The highest BCUT2D eigenvalue weighted by Gasteiger charge is 2.17. The topological polar surface area (TPSA) is 33.2 Å². The standard InChI is InChI=1S/C20H22N2OS.C2H2.CH4/c1-6-7-16-9-17(12-21-11-16)18-10-19(24-13-18)15(4)8-20(23)22(5)14(2)3;1-2;/h9-13,15H,2,8H2,1,3-5H3;1-2H;1H4/t15-;;/m0../s1. The van der Waals surface area contributed by atoms with Gasteiger partial charge in [-0.3, -0.25) is 9.78 Å². The van der Waals surface area contributed by atoms with Crippen molar-refractivity contribution in [2.75, 3.05) is 7.05 Å². The summed E-state index contributed by atoms with van der Waals surface area (Å²) >= 11 is 1.68. The highest BCUT2D eigenvalue weighted by Crippen LogP contribution is 2.32. The lowest BCUT2D eigenvalue weighted by molar-refractivity contribution is -0.128. The van der Waals surface area contributed by atoms with Crippen molar-refractivity contribution < 1.29 is 4.79 Å². The molecule has 0 saturated heterocycles. The van der Waals surface area contributed by atoms with E-state index in [1.54, 1.807) is 29.5 Å². The zero-order valence-electron chi connectivity index (χ0n) is 15.7. The zero-order valence-corrected chi connectivity index (χ0v) is 16.6. The molecule has 0 aliphatic carbocycles. The molecule has 4 heteroatoms. The third-order valence-electron chi connectivity index (χ3n) is 3.87. The van der Waals surface area contributed by atoms with Crippen LogP contribution in [-0.2, 0) is 4.79 Å². The molecule has 2 aromatic rings. The smallest absolute Gasteiger partial charge is 0.227 e. The number of aromatic nitrogens is 1. The van der Waals surface area contributed by atoms with Gasteiger partial charge in [-0.1, -0.05) is 26.8 Å². The summed E-state index contributed by atoms with van der Waals surface area (Å²) < 4.78 is 0. The molecule has 1 amide bonds. The third-order valence-corrected chi connectivity index (χ3v) is 5.04. The number of nitrogens with zero attached hydrogens (tertiary/aromatic N) is 2. The van der Waals surface area contributed by atoms with Crippen LogP contribution in [-0.4, -0.2) is 22.8 Å². The molecule has 2 rings (SSSR count). The molecule has 0 saturated carbocycles. The molecule has 142 valence electrons. The Morgan fingerprint density at radius 2 is 2.00 bits per heavy atom. The Labute approximate surface area is 168 Å². The quantitative estimate of drug-likeness (QED) is 0.637. The number of hydrogen-bond acceptors (Lipinski definition) is 3. The van der Waals surface area contributed by atoms with Crippen LogP contribution in [0.2, 0.25) is 0 Å². The molecule has 0 N–H and O–H groups in total. The summed E-state index contributed by atoms with van der Waals surface area (Å²) in [7, 11) is 1.77. The van der Waals surface area contributed by atoms with Crippen LogP contribution in [0.25, 0.3) is 11.1 Å². The largest absolute Gasteiger partial charge is 0.320 e. The van der Waals surface area contributed by atoms with E-state index in [0.717, 1.165) is 22.4 Å². The maximum atomic E-state index is 12.2. The Morgan fingerprint density at radius 1 is 1.33 bits per heavy atom. The third kappa shape index (κ3) is 6.77. The number of pyridine rings is 1. The summed E-state index contributed by atoms with van der Waals surface area (Å²) in [6.07, 6.45) is 12.1. The maximum absolute atomic E-state index is 12.2. The Morgan fingerprint density at radius 3 is 2.59 bits per heavy atom. The summed E-state index contributed by atoms with van der Waals surface area (Å²) in [6.45, 7) is 9.55. The van der Waals surface area contributed by atoms with Crippen LogP contribution in [0, 0.1) is 24.7 Å². The van der Waals surface area contributed by atoms with Crippen molar-refractivity contribution in [2.45, 2.75) is 40.5 Å². The van der Waals surface area contributed by atoms with E-state index in [4.69, 9.17) is 0 Å². The summed E-state index contributed by atoms with van der Waals surface area (Å²) in [4.78, 5) is 19.3. The van der Waals surface area contributed by atoms with Crippen LogP contribution in [0.4, 0.5) is 0 Å². The second-order valence-corrected chi connectivity index (χ2v) is 6.81. The fourth-order valence-electron chi connectivity index (χ4n) is 2.29. The SMILES string of the molecule is C.C#C.C=C(C)N(C)C(=O)C[C@H](C)c1cc(-c2cncc(C#CC)c2)cs1. The fraction of sp³-hybridized carbons (Fsp3) is 0.304. The molecule has 0 fully saturated rings. The van der Waals surface area contributed by atoms with E-state index in [1.165, 1.54) is 4.88 Å². The molecular weight excluding hydrogens is 352 g/mol. The van der Waals surface area contributed by atoms with Gasteiger partial charge in [0.05, 0.1) is 0 Å². The molecule has 27 heavy (non-hydrogen) atoms. The molecule has 0 radical (unpaired) electrons. The number of rotatable bonds is 5. The number of carbonyl (C=O) groups excluding carboxylic acids is 1. The molecule has 0 unspecified atom stereocenters. The lowest BCUT2D eigenvalue weighted by Crippen LogP contribution is -2.25. The van der Waals surface area contributed by atoms with Gasteiger partial charge in [0.1, 0.15) is 0 Å². The number of hydrogen-bond donors (Lipinski definition) is 0. The van der Waals surface area contributed by atoms with Gasteiger partial charge in [-0.2, -0.15) is 0 Å². The van der Waals surface area contributed by atoms with E-state index in [0.29, 0.717) is 6.42 Å². The average Bonchev–Trinajstić information content (AvgIpc) is 3.13. The summed E-state index contributed by atoms with van der Waals surface area (Å²) in [5.41, 5.74) is 3.85. The molecule has 0 aromatic carbocycles. The Balaban J connectivity index is 0.00000218. The normalized spacial score (nSPS) is 10.1. The molecule has 0 spiro atoms. The minimum atomic E-state index is 0. The van der Waals surface area contributed by atoms with Crippen LogP contribution in [0.3, 0.4) is 0 Å². The first-order valence-electron chi connectivity index (χ1n) is 8.14. The summed E-state index contributed by atoms with van der Waals surface area (Å²) in [5, 5.41) is 2.11. The van der Waals surface area contributed by atoms with Gasteiger partial charge in [0.2, 0.25) is 5.91 Å². The predicted octanol–water partition coefficient (Wildman–Crippen LogP) is 5.55. The van der Waals surface area contributed by atoms with Crippen LogP contribution in [0.5, 0.6) is 0 Å². The molecule has 3 nitrogen and oxygen atoms in total. The first-order valence-corrected chi connectivity index (χ1v) is 9.02. The van der Waals surface area contributed by atoms with Crippen molar-refractivity contribution in [3.63, 3.8) is 0 Å². The van der Waals surface area contributed by atoms with Gasteiger partial charge < -0.3 is 4.90 Å². The van der Waals surface area contributed by atoms with Crippen molar-refractivity contribution in [1.82, 2.24) is 9.88 Å². The first kappa shape index (κ1) is 24.2. The van der Waals surface area contributed by atoms with Crippen molar-refractivity contribution >= 4 is 17.2 Å². The Bertz CT molecular complexity index is 852. The molecule has 0 aliphatic heterocycles. The molecular formula is C23H28N2OS. The second kappa shape index (κ2) is 11.7. The number of thiophene rings is 1. The Kier molecular flexibility index (Phi) is 10.5. The van der Waals surface area contributed by atoms with Crippen molar-refractivity contribution in [1.29, 1.82) is 0 Å². The second-order valence-electron chi connectivity index (χ2n) is 5.87.